The standard InChI is InChI=1S/C18H19ClN2/c19-12-6-5-11-10-21-8-7-14-13-3-1-2-4-16(13)20-17(14)18(21)15(11)9-12/h1-4,6,11,15,18,20H,5,7-10H2/t11-,15+,18+/m1/s1. The molecule has 0 amide bonds. The number of aromatic amines is 1. The van der Waals surface area contributed by atoms with Crippen molar-refractivity contribution in [1.29, 1.82) is 0 Å². The molecule has 21 heavy (non-hydrogen) atoms. The summed E-state index contributed by atoms with van der Waals surface area (Å²) in [6, 6.07) is 9.30. The molecule has 5 rings (SSSR count). The zero-order valence-corrected chi connectivity index (χ0v) is 12.7. The lowest BCUT2D eigenvalue weighted by atomic mass is 9.79. The highest BCUT2D eigenvalue weighted by Crippen LogP contribution is 2.51. The molecule has 108 valence electrons. The number of nitrogens with zero attached hydrogens (tertiary/aromatic N) is 1. The molecule has 1 saturated heterocycles. The van der Waals surface area contributed by atoms with Crippen LogP contribution in [0.25, 0.3) is 10.9 Å². The highest BCUT2D eigenvalue weighted by molar-refractivity contribution is 6.29. The number of para-hydroxylation sites is 1. The van der Waals surface area contributed by atoms with Gasteiger partial charge in [-0.1, -0.05) is 35.9 Å². The van der Waals surface area contributed by atoms with Crippen molar-refractivity contribution in [3.63, 3.8) is 0 Å². The van der Waals surface area contributed by atoms with Crippen LogP contribution < -0.4 is 0 Å². The molecule has 2 aliphatic heterocycles. The molecule has 1 aliphatic carbocycles. The molecule has 0 bridgehead atoms. The van der Waals surface area contributed by atoms with Gasteiger partial charge < -0.3 is 4.98 Å². The molecule has 1 N–H and O–H groups in total. The van der Waals surface area contributed by atoms with E-state index in [1.807, 2.05) is 0 Å². The normalized spacial score (nSPS) is 31.7. The minimum absolute atomic E-state index is 0.550. The average molecular weight is 299 g/mol. The van der Waals surface area contributed by atoms with E-state index in [-0.39, 0.29) is 0 Å². The van der Waals surface area contributed by atoms with Gasteiger partial charge in [-0.2, -0.15) is 0 Å². The van der Waals surface area contributed by atoms with Gasteiger partial charge >= 0.3 is 0 Å². The number of aromatic nitrogens is 1. The number of allylic oxidation sites excluding steroid dienone is 2. The van der Waals surface area contributed by atoms with Crippen molar-refractivity contribution in [2.24, 2.45) is 11.8 Å². The Hall–Kier alpha value is -1.25. The van der Waals surface area contributed by atoms with Crippen LogP contribution in [-0.4, -0.2) is 23.0 Å². The van der Waals surface area contributed by atoms with Gasteiger partial charge in [-0.3, -0.25) is 4.90 Å². The number of rotatable bonds is 0. The number of fused-ring (bicyclic) bond motifs is 7. The van der Waals surface area contributed by atoms with Crippen LogP contribution in [0.3, 0.4) is 0 Å². The average Bonchev–Trinajstić information content (AvgIpc) is 3.04. The molecule has 0 unspecified atom stereocenters. The zero-order chi connectivity index (χ0) is 14.0. The highest BCUT2D eigenvalue weighted by Gasteiger charge is 2.46. The van der Waals surface area contributed by atoms with Gasteiger partial charge in [0.1, 0.15) is 0 Å². The monoisotopic (exact) mass is 298 g/mol. The first-order chi connectivity index (χ1) is 10.3. The lowest BCUT2D eigenvalue weighted by Crippen LogP contribution is -2.32. The summed E-state index contributed by atoms with van der Waals surface area (Å²) in [5.41, 5.74) is 4.32. The lowest BCUT2D eigenvalue weighted by Gasteiger charge is -2.33. The maximum absolute atomic E-state index is 6.35. The van der Waals surface area contributed by atoms with Crippen LogP contribution in [0, 0.1) is 11.8 Å². The Labute approximate surface area is 129 Å². The van der Waals surface area contributed by atoms with E-state index in [2.05, 4.69) is 40.2 Å². The first kappa shape index (κ1) is 12.3. The third kappa shape index (κ3) is 1.69. The van der Waals surface area contributed by atoms with Crippen molar-refractivity contribution in [2.75, 3.05) is 13.1 Å². The van der Waals surface area contributed by atoms with Gasteiger partial charge in [0.2, 0.25) is 0 Å². The number of nitrogens with one attached hydrogen (secondary N) is 1. The molecule has 0 spiro atoms. The third-order valence-corrected chi connectivity index (χ3v) is 6.05. The molecule has 3 atom stereocenters. The molecule has 1 aromatic heterocycles. The fraction of sp³-hybridized carbons (Fsp3) is 0.444. The van der Waals surface area contributed by atoms with Gasteiger partial charge in [0.25, 0.3) is 0 Å². The molecule has 1 fully saturated rings. The van der Waals surface area contributed by atoms with Crippen molar-refractivity contribution in [2.45, 2.75) is 25.3 Å². The molecule has 3 aliphatic rings. The fourth-order valence-electron chi connectivity index (χ4n) is 4.82. The van der Waals surface area contributed by atoms with Crippen molar-refractivity contribution in [3.05, 3.63) is 46.6 Å². The smallest absolute Gasteiger partial charge is 0.0536 e. The number of halogens is 1. The Kier molecular flexibility index (Phi) is 2.56. The fourth-order valence-corrected chi connectivity index (χ4v) is 5.09. The van der Waals surface area contributed by atoms with E-state index >= 15 is 0 Å². The summed E-state index contributed by atoms with van der Waals surface area (Å²) in [4.78, 5) is 6.42. The van der Waals surface area contributed by atoms with Gasteiger partial charge in [-0.05, 0) is 42.7 Å². The van der Waals surface area contributed by atoms with E-state index in [1.165, 1.54) is 36.1 Å². The van der Waals surface area contributed by atoms with Gasteiger partial charge in [-0.25, -0.2) is 0 Å². The lowest BCUT2D eigenvalue weighted by molar-refractivity contribution is 0.210. The molecule has 2 nitrogen and oxygen atoms in total. The second-order valence-corrected chi connectivity index (χ2v) is 7.25. The van der Waals surface area contributed by atoms with Crippen molar-refractivity contribution in [3.8, 4) is 0 Å². The molecule has 3 heteroatoms. The molecule has 0 radical (unpaired) electrons. The predicted molar refractivity (Wildman–Crippen MR) is 86.5 cm³/mol. The number of hydrogen-bond acceptors (Lipinski definition) is 1. The van der Waals surface area contributed by atoms with E-state index < -0.39 is 0 Å². The SMILES string of the molecule is ClC1=CC[C@@H]2CN3CCc4c([nH]c5ccccc45)[C@@H]3[C@H]2C1. The second kappa shape index (κ2) is 4.37. The van der Waals surface area contributed by atoms with E-state index in [9.17, 15) is 0 Å². The topological polar surface area (TPSA) is 19.0 Å². The molecule has 3 heterocycles. The van der Waals surface area contributed by atoms with Crippen molar-refractivity contribution < 1.29 is 0 Å². The van der Waals surface area contributed by atoms with Crippen LogP contribution in [0.15, 0.2) is 35.4 Å². The maximum atomic E-state index is 6.35. The van der Waals surface area contributed by atoms with Gasteiger partial charge in [0.05, 0.1) is 6.04 Å². The minimum atomic E-state index is 0.550. The van der Waals surface area contributed by atoms with Crippen molar-refractivity contribution >= 4 is 22.5 Å². The van der Waals surface area contributed by atoms with Gasteiger partial charge in [-0.15, -0.1) is 0 Å². The first-order valence-electron chi connectivity index (χ1n) is 7.99. The zero-order valence-electron chi connectivity index (χ0n) is 12.0. The summed E-state index contributed by atoms with van der Waals surface area (Å²) in [6.07, 6.45) is 5.64. The largest absolute Gasteiger partial charge is 0.357 e. The van der Waals surface area contributed by atoms with E-state index in [4.69, 9.17) is 11.6 Å². The Morgan fingerprint density at radius 1 is 1.24 bits per heavy atom. The third-order valence-electron chi connectivity index (χ3n) is 5.74. The van der Waals surface area contributed by atoms with Crippen LogP contribution in [0.4, 0.5) is 0 Å². The van der Waals surface area contributed by atoms with Crippen LogP contribution in [0.1, 0.15) is 30.1 Å². The Morgan fingerprint density at radius 3 is 3.10 bits per heavy atom. The number of benzene rings is 1. The Bertz CT molecular complexity index is 745. The quantitative estimate of drug-likeness (QED) is 0.771. The summed E-state index contributed by atoms with van der Waals surface area (Å²) >= 11 is 6.35. The molecular weight excluding hydrogens is 280 g/mol. The maximum Gasteiger partial charge on any atom is 0.0536 e. The number of H-pyrrole nitrogens is 1. The van der Waals surface area contributed by atoms with Crippen LogP contribution >= 0.6 is 11.6 Å². The first-order valence-corrected chi connectivity index (χ1v) is 8.37. The predicted octanol–water partition coefficient (Wildman–Crippen LogP) is 4.23. The number of hydrogen-bond donors (Lipinski definition) is 1. The van der Waals surface area contributed by atoms with E-state index in [0.29, 0.717) is 12.0 Å². The van der Waals surface area contributed by atoms with Crippen molar-refractivity contribution in [1.82, 2.24) is 9.88 Å². The van der Waals surface area contributed by atoms with E-state index in [0.717, 1.165) is 23.8 Å². The highest BCUT2D eigenvalue weighted by atomic mass is 35.5. The minimum Gasteiger partial charge on any atom is -0.357 e. The second-order valence-electron chi connectivity index (χ2n) is 6.77. The summed E-state index contributed by atoms with van der Waals surface area (Å²) in [6.45, 7) is 2.44. The summed E-state index contributed by atoms with van der Waals surface area (Å²) < 4.78 is 0. The van der Waals surface area contributed by atoms with Gasteiger partial charge in [0.15, 0.2) is 0 Å². The molecule has 0 saturated carbocycles. The van der Waals surface area contributed by atoms with Crippen LogP contribution in [0.2, 0.25) is 0 Å². The van der Waals surface area contributed by atoms with Gasteiger partial charge in [0, 0.05) is 34.7 Å². The Balaban J connectivity index is 1.65. The molecule has 1 aromatic carbocycles. The summed E-state index contributed by atoms with van der Waals surface area (Å²) in [7, 11) is 0. The molecule has 2 aromatic rings. The Morgan fingerprint density at radius 2 is 2.14 bits per heavy atom. The summed E-state index contributed by atoms with van der Waals surface area (Å²) in [5, 5.41) is 2.49. The molecular formula is C18H19ClN2. The van der Waals surface area contributed by atoms with Crippen LogP contribution in [0.5, 0.6) is 0 Å². The summed E-state index contributed by atoms with van der Waals surface area (Å²) in [5.74, 6) is 1.48. The van der Waals surface area contributed by atoms with Crippen LogP contribution in [-0.2, 0) is 6.42 Å². The van der Waals surface area contributed by atoms with E-state index in [1.54, 1.807) is 5.56 Å².